The average Bonchev–Trinajstić information content (AvgIpc) is 3.10. The Balaban J connectivity index is 2.66. The molecular weight excluding hydrogens is 636 g/mol. The Morgan fingerprint density at radius 1 is 0.580 bits per heavy atom. The molecule has 1 aliphatic heterocycles. The summed E-state index contributed by atoms with van der Waals surface area (Å²) in [5, 5.41) is 43.2. The second kappa shape index (κ2) is 30.8. The molecule has 0 radical (unpaired) electrons. The number of hydrogen-bond donors (Lipinski definition) is 5. The van der Waals surface area contributed by atoms with E-state index in [9.17, 15) is 29.7 Å². The Morgan fingerprint density at radius 2 is 1.00 bits per heavy atom. The molecule has 1 rings (SSSR count). The molecule has 0 aromatic carbocycles. The van der Waals surface area contributed by atoms with Crippen LogP contribution >= 0.6 is 0 Å². The van der Waals surface area contributed by atoms with Crippen LogP contribution in [-0.4, -0.2) is 86.8 Å². The first-order valence-electron chi connectivity index (χ1n) is 20.7. The standard InChI is InChI=1S/C40H76N2O8/c1-3-5-7-9-11-13-14-15-16-17-18-19-21-23-25-27-31-42(35(45)28-26-24-22-20-12-10-8-6-4-2)40-37(41-34(44)29-30-36(46)47)39(49)38(48)33(32-43)50-40/h33,37-40,43,48-49H,3-32H2,1-2H3,(H,41,44)(H,46,47)/t33-,37+,38-,39-,40-/m1/s1. The zero-order chi connectivity index (χ0) is 36.8. The molecule has 1 saturated heterocycles. The van der Waals surface area contributed by atoms with Gasteiger partial charge in [-0.15, -0.1) is 0 Å². The molecule has 0 aromatic heterocycles. The predicted octanol–water partition coefficient (Wildman–Crippen LogP) is 7.79. The molecule has 0 aromatic rings. The van der Waals surface area contributed by atoms with E-state index in [2.05, 4.69) is 19.2 Å². The van der Waals surface area contributed by atoms with Gasteiger partial charge in [-0.1, -0.05) is 162 Å². The minimum atomic E-state index is -1.51. The summed E-state index contributed by atoms with van der Waals surface area (Å²) in [5.74, 6) is -1.89. The van der Waals surface area contributed by atoms with E-state index >= 15 is 0 Å². The predicted molar refractivity (Wildman–Crippen MR) is 200 cm³/mol. The van der Waals surface area contributed by atoms with Crippen molar-refractivity contribution in [1.29, 1.82) is 0 Å². The van der Waals surface area contributed by atoms with Crippen molar-refractivity contribution in [2.75, 3.05) is 13.2 Å². The van der Waals surface area contributed by atoms with E-state index in [4.69, 9.17) is 9.84 Å². The molecule has 10 nitrogen and oxygen atoms in total. The van der Waals surface area contributed by atoms with Crippen molar-refractivity contribution in [3.8, 4) is 0 Å². The van der Waals surface area contributed by atoms with Gasteiger partial charge in [0.15, 0.2) is 6.23 Å². The molecule has 1 aliphatic rings. The summed E-state index contributed by atoms with van der Waals surface area (Å²) in [7, 11) is 0. The van der Waals surface area contributed by atoms with Crippen molar-refractivity contribution in [3.05, 3.63) is 0 Å². The Bertz CT molecular complexity index is 859. The van der Waals surface area contributed by atoms with Gasteiger partial charge in [-0.25, -0.2) is 0 Å². The van der Waals surface area contributed by atoms with Crippen LogP contribution in [0.2, 0.25) is 0 Å². The molecule has 10 heteroatoms. The second-order valence-electron chi connectivity index (χ2n) is 14.7. The molecular formula is C40H76N2O8. The van der Waals surface area contributed by atoms with E-state index < -0.39 is 49.1 Å². The summed E-state index contributed by atoms with van der Waals surface area (Å²) in [6, 6.07) is -1.16. The lowest BCUT2D eigenvalue weighted by Crippen LogP contribution is -2.68. The fourth-order valence-corrected chi connectivity index (χ4v) is 6.95. The van der Waals surface area contributed by atoms with Gasteiger partial charge in [-0.3, -0.25) is 14.4 Å². The first-order valence-corrected chi connectivity index (χ1v) is 20.7. The van der Waals surface area contributed by atoms with E-state index in [0.717, 1.165) is 51.4 Å². The number of carboxylic acids is 1. The topological polar surface area (TPSA) is 157 Å². The van der Waals surface area contributed by atoms with E-state index in [1.165, 1.54) is 109 Å². The summed E-state index contributed by atoms with van der Waals surface area (Å²) in [6.45, 7) is 4.27. The van der Waals surface area contributed by atoms with Gasteiger partial charge in [0, 0.05) is 19.4 Å². The van der Waals surface area contributed by atoms with Crippen LogP contribution in [0.15, 0.2) is 0 Å². The zero-order valence-corrected chi connectivity index (χ0v) is 32.0. The first-order chi connectivity index (χ1) is 24.3. The van der Waals surface area contributed by atoms with Crippen LogP contribution in [0.5, 0.6) is 0 Å². The smallest absolute Gasteiger partial charge is 0.303 e. The maximum absolute atomic E-state index is 13.7. The number of rotatable bonds is 33. The zero-order valence-electron chi connectivity index (χ0n) is 32.0. The molecule has 1 heterocycles. The van der Waals surface area contributed by atoms with E-state index in [1.54, 1.807) is 4.90 Å². The number of hydrogen-bond acceptors (Lipinski definition) is 7. The van der Waals surface area contributed by atoms with Crippen LogP contribution in [0.1, 0.15) is 194 Å². The lowest BCUT2D eigenvalue weighted by molar-refractivity contribution is -0.231. The lowest BCUT2D eigenvalue weighted by Gasteiger charge is -2.47. The van der Waals surface area contributed by atoms with Crippen molar-refractivity contribution < 1.29 is 39.5 Å². The molecule has 0 spiro atoms. The van der Waals surface area contributed by atoms with Gasteiger partial charge in [0.05, 0.1) is 13.0 Å². The SMILES string of the molecule is CCCCCCCCCCCCCCCCCCN(C(=O)CCCCCCCCCCC)[C@@H]1O[C@H](CO)[C@@H](O)[C@H](O)[C@@H]1NC(=O)CCC(=O)O. The van der Waals surface area contributed by atoms with Crippen LogP contribution in [0.4, 0.5) is 0 Å². The maximum Gasteiger partial charge on any atom is 0.303 e. The summed E-state index contributed by atoms with van der Waals surface area (Å²) in [5.41, 5.74) is 0. The highest BCUT2D eigenvalue weighted by Crippen LogP contribution is 2.26. The monoisotopic (exact) mass is 713 g/mol. The number of nitrogens with zero attached hydrogens (tertiary/aromatic N) is 1. The van der Waals surface area contributed by atoms with Gasteiger partial charge in [0.2, 0.25) is 11.8 Å². The Labute approximate surface area is 304 Å². The number of carbonyl (C=O) groups excluding carboxylic acids is 2. The van der Waals surface area contributed by atoms with Gasteiger partial charge in [0.25, 0.3) is 0 Å². The third kappa shape index (κ3) is 21.6. The average molecular weight is 713 g/mol. The highest BCUT2D eigenvalue weighted by atomic mass is 16.5. The minimum absolute atomic E-state index is 0.149. The summed E-state index contributed by atoms with van der Waals surface area (Å²) >= 11 is 0. The highest BCUT2D eigenvalue weighted by Gasteiger charge is 2.48. The fraction of sp³-hybridized carbons (Fsp3) is 0.925. The number of aliphatic carboxylic acids is 1. The second-order valence-corrected chi connectivity index (χ2v) is 14.7. The number of nitrogens with one attached hydrogen (secondary N) is 1. The van der Waals surface area contributed by atoms with Gasteiger partial charge in [0.1, 0.15) is 24.4 Å². The third-order valence-electron chi connectivity index (χ3n) is 10.2. The van der Waals surface area contributed by atoms with Gasteiger partial charge in [-0.2, -0.15) is 0 Å². The van der Waals surface area contributed by atoms with Crippen LogP contribution in [0.3, 0.4) is 0 Å². The molecule has 294 valence electrons. The molecule has 0 bridgehead atoms. The Hall–Kier alpha value is -1.75. The quantitative estimate of drug-likeness (QED) is 0.0432. The van der Waals surface area contributed by atoms with Crippen molar-refractivity contribution in [3.63, 3.8) is 0 Å². The van der Waals surface area contributed by atoms with Gasteiger partial charge >= 0.3 is 5.97 Å². The van der Waals surface area contributed by atoms with E-state index in [1.807, 2.05) is 0 Å². The van der Waals surface area contributed by atoms with Gasteiger partial charge < -0.3 is 35.4 Å². The lowest BCUT2D eigenvalue weighted by atomic mass is 9.94. The maximum atomic E-state index is 13.7. The largest absolute Gasteiger partial charge is 0.481 e. The molecule has 5 atom stereocenters. The molecule has 0 saturated carbocycles. The summed E-state index contributed by atoms with van der Waals surface area (Å²) in [6.07, 6.45) is 24.3. The summed E-state index contributed by atoms with van der Waals surface area (Å²) < 4.78 is 6.03. The van der Waals surface area contributed by atoms with Gasteiger partial charge in [-0.05, 0) is 12.8 Å². The number of aliphatic hydroxyl groups is 3. The number of unbranched alkanes of at least 4 members (excludes halogenated alkanes) is 23. The van der Waals surface area contributed by atoms with Crippen LogP contribution < -0.4 is 5.32 Å². The van der Waals surface area contributed by atoms with Crippen molar-refractivity contribution in [2.45, 2.75) is 224 Å². The Kier molecular flexibility index (Phi) is 28.5. The number of aliphatic hydroxyl groups excluding tert-OH is 3. The fourth-order valence-electron chi connectivity index (χ4n) is 6.95. The minimum Gasteiger partial charge on any atom is -0.481 e. The molecule has 1 fully saturated rings. The number of carbonyl (C=O) groups is 3. The van der Waals surface area contributed by atoms with Crippen molar-refractivity contribution in [2.24, 2.45) is 0 Å². The molecule has 50 heavy (non-hydrogen) atoms. The number of amides is 2. The van der Waals surface area contributed by atoms with Crippen LogP contribution in [-0.2, 0) is 19.1 Å². The molecule has 2 amide bonds. The van der Waals surface area contributed by atoms with E-state index in [-0.39, 0.29) is 18.7 Å². The first kappa shape index (κ1) is 46.3. The molecule has 0 unspecified atom stereocenters. The summed E-state index contributed by atoms with van der Waals surface area (Å²) in [4.78, 5) is 39.0. The molecule has 0 aliphatic carbocycles. The van der Waals surface area contributed by atoms with Crippen molar-refractivity contribution >= 4 is 17.8 Å². The van der Waals surface area contributed by atoms with E-state index in [0.29, 0.717) is 13.0 Å². The third-order valence-corrected chi connectivity index (χ3v) is 10.2. The normalized spacial score (nSPS) is 20.5. The van der Waals surface area contributed by atoms with Crippen molar-refractivity contribution in [1.82, 2.24) is 10.2 Å². The number of carboxylic acid groups (broad SMARTS) is 1. The van der Waals surface area contributed by atoms with Crippen LogP contribution in [0.25, 0.3) is 0 Å². The number of ether oxygens (including phenoxy) is 1. The van der Waals surface area contributed by atoms with Crippen LogP contribution in [0, 0.1) is 0 Å². The molecule has 5 N–H and O–H groups in total. The Morgan fingerprint density at radius 3 is 1.42 bits per heavy atom. The highest BCUT2D eigenvalue weighted by molar-refractivity contribution is 5.81.